The molecule has 0 bridgehead atoms. The van der Waals surface area contributed by atoms with Gasteiger partial charge in [-0.3, -0.25) is 0 Å². The zero-order valence-electron chi connectivity index (χ0n) is 18.9. The summed E-state index contributed by atoms with van der Waals surface area (Å²) < 4.78 is 50.9. The molecule has 4 rings (SSSR count). The van der Waals surface area contributed by atoms with Crippen LogP contribution in [-0.2, 0) is 16.4 Å². The van der Waals surface area contributed by atoms with Crippen molar-refractivity contribution in [2.75, 3.05) is 34.5 Å². The molecule has 174 valence electrons. The normalized spacial score (nSPS) is 16.0. The summed E-state index contributed by atoms with van der Waals surface area (Å²) in [6.07, 6.45) is 0.556. The lowest BCUT2D eigenvalue weighted by molar-refractivity contribution is 0.196. The second-order valence-corrected chi connectivity index (χ2v) is 9.48. The molecule has 7 nitrogen and oxygen atoms in total. The molecule has 1 unspecified atom stereocenters. The van der Waals surface area contributed by atoms with Crippen molar-refractivity contribution in [1.82, 2.24) is 4.31 Å². The Labute approximate surface area is 194 Å². The minimum absolute atomic E-state index is 0.140. The number of nitrogens with zero attached hydrogens (tertiary/aromatic N) is 1. The molecule has 0 fully saturated rings. The number of ether oxygens (including phenoxy) is 4. The quantitative estimate of drug-likeness (QED) is 0.495. The van der Waals surface area contributed by atoms with E-state index in [0.717, 1.165) is 16.9 Å². The van der Waals surface area contributed by atoms with Crippen molar-refractivity contribution in [2.24, 2.45) is 0 Å². The number of benzene rings is 3. The Morgan fingerprint density at radius 3 is 2.12 bits per heavy atom. The van der Waals surface area contributed by atoms with Crippen LogP contribution < -0.4 is 18.9 Å². The van der Waals surface area contributed by atoms with Crippen molar-refractivity contribution in [3.8, 4) is 23.0 Å². The second-order valence-electron chi connectivity index (χ2n) is 7.59. The van der Waals surface area contributed by atoms with Gasteiger partial charge in [0.15, 0.2) is 11.5 Å². The summed E-state index contributed by atoms with van der Waals surface area (Å²) in [5.41, 5.74) is 1.85. The highest BCUT2D eigenvalue weighted by molar-refractivity contribution is 7.89. The van der Waals surface area contributed by atoms with Crippen LogP contribution in [0.4, 0.5) is 0 Å². The van der Waals surface area contributed by atoms with Crippen LogP contribution in [0.1, 0.15) is 17.2 Å². The van der Waals surface area contributed by atoms with E-state index in [1.165, 1.54) is 4.31 Å². The minimum atomic E-state index is -3.74. The van der Waals surface area contributed by atoms with Gasteiger partial charge in [0.2, 0.25) is 10.0 Å². The van der Waals surface area contributed by atoms with Gasteiger partial charge in [-0.25, -0.2) is 8.42 Å². The van der Waals surface area contributed by atoms with Gasteiger partial charge < -0.3 is 18.9 Å². The third-order valence-corrected chi connectivity index (χ3v) is 7.69. The molecule has 0 saturated heterocycles. The van der Waals surface area contributed by atoms with E-state index in [1.54, 1.807) is 75.9 Å². The summed E-state index contributed by atoms with van der Waals surface area (Å²) in [5.74, 6) is 2.51. The molecule has 0 N–H and O–H groups in total. The standard InChI is InChI=1S/C25H27NO6S/c1-29-19-9-11-20(12-10-19)32-17-23-22-16-25(31-3)24(30-2)15-18(22)13-14-26(23)33(27,28)21-7-5-4-6-8-21/h4-12,15-16,23H,13-14,17H2,1-3H3. The molecule has 0 aromatic heterocycles. The molecule has 0 saturated carbocycles. The Morgan fingerprint density at radius 2 is 1.48 bits per heavy atom. The number of hydrogen-bond donors (Lipinski definition) is 0. The average Bonchev–Trinajstić information content (AvgIpc) is 2.86. The first-order chi connectivity index (χ1) is 16.0. The lowest BCUT2D eigenvalue weighted by Gasteiger charge is -2.36. The van der Waals surface area contributed by atoms with Gasteiger partial charge in [-0.1, -0.05) is 18.2 Å². The Kier molecular flexibility index (Phi) is 6.76. The second kappa shape index (κ2) is 9.72. The van der Waals surface area contributed by atoms with Gasteiger partial charge in [0.05, 0.1) is 32.3 Å². The highest BCUT2D eigenvalue weighted by Crippen LogP contribution is 2.40. The summed E-state index contributed by atoms with van der Waals surface area (Å²) in [5, 5.41) is 0. The number of sulfonamides is 1. The lowest BCUT2D eigenvalue weighted by atomic mass is 9.94. The van der Waals surface area contributed by atoms with Crippen molar-refractivity contribution in [1.29, 1.82) is 0 Å². The molecule has 3 aromatic carbocycles. The number of rotatable bonds is 8. The zero-order chi connectivity index (χ0) is 23.4. The van der Waals surface area contributed by atoms with Gasteiger partial charge >= 0.3 is 0 Å². The van der Waals surface area contributed by atoms with E-state index in [1.807, 2.05) is 12.1 Å². The molecule has 1 heterocycles. The summed E-state index contributed by atoms with van der Waals surface area (Å²) >= 11 is 0. The Morgan fingerprint density at radius 1 is 0.848 bits per heavy atom. The van der Waals surface area contributed by atoms with Crippen molar-refractivity contribution >= 4 is 10.0 Å². The Hall–Kier alpha value is -3.23. The van der Waals surface area contributed by atoms with Crippen molar-refractivity contribution in [3.63, 3.8) is 0 Å². The highest BCUT2D eigenvalue weighted by Gasteiger charge is 2.37. The lowest BCUT2D eigenvalue weighted by Crippen LogP contribution is -2.42. The molecule has 33 heavy (non-hydrogen) atoms. The first kappa shape index (κ1) is 22.9. The van der Waals surface area contributed by atoms with Crippen molar-refractivity contribution in [3.05, 3.63) is 77.9 Å². The SMILES string of the molecule is COc1ccc(OCC2c3cc(OC)c(OC)cc3CCN2S(=O)(=O)c2ccccc2)cc1. The first-order valence-corrected chi connectivity index (χ1v) is 12.0. The van der Waals surface area contributed by atoms with E-state index in [0.29, 0.717) is 30.2 Å². The van der Waals surface area contributed by atoms with E-state index in [2.05, 4.69) is 0 Å². The first-order valence-electron chi connectivity index (χ1n) is 10.6. The molecule has 0 radical (unpaired) electrons. The summed E-state index contributed by atoms with van der Waals surface area (Å²) in [7, 11) is 1.01. The summed E-state index contributed by atoms with van der Waals surface area (Å²) in [6, 6.07) is 18.9. The van der Waals surface area contributed by atoms with Gasteiger partial charge in [-0.2, -0.15) is 4.31 Å². The predicted octanol–water partition coefficient (Wildman–Crippen LogP) is 4.08. The topological polar surface area (TPSA) is 74.3 Å². The zero-order valence-corrected chi connectivity index (χ0v) is 19.7. The van der Waals surface area contributed by atoms with Crippen LogP contribution >= 0.6 is 0 Å². The highest BCUT2D eigenvalue weighted by atomic mass is 32.2. The fraction of sp³-hybridized carbons (Fsp3) is 0.280. The molecule has 0 spiro atoms. The van der Waals surface area contributed by atoms with E-state index >= 15 is 0 Å². The molecular weight excluding hydrogens is 442 g/mol. The third-order valence-electron chi connectivity index (χ3n) is 5.77. The molecule has 8 heteroatoms. The minimum Gasteiger partial charge on any atom is -0.497 e. The summed E-state index contributed by atoms with van der Waals surface area (Å²) in [6.45, 7) is 0.469. The largest absolute Gasteiger partial charge is 0.497 e. The fourth-order valence-electron chi connectivity index (χ4n) is 4.04. The van der Waals surface area contributed by atoms with E-state index in [-0.39, 0.29) is 11.5 Å². The maximum absolute atomic E-state index is 13.6. The summed E-state index contributed by atoms with van der Waals surface area (Å²) in [4.78, 5) is 0.253. The fourth-order valence-corrected chi connectivity index (χ4v) is 5.65. The van der Waals surface area contributed by atoms with Gasteiger partial charge in [0, 0.05) is 6.54 Å². The van der Waals surface area contributed by atoms with Gasteiger partial charge in [0.1, 0.15) is 18.1 Å². The van der Waals surface area contributed by atoms with Crippen LogP contribution in [0.5, 0.6) is 23.0 Å². The molecule has 1 atom stereocenters. The van der Waals surface area contributed by atoms with Gasteiger partial charge in [-0.05, 0) is 66.1 Å². The van der Waals surface area contributed by atoms with Gasteiger partial charge in [-0.15, -0.1) is 0 Å². The smallest absolute Gasteiger partial charge is 0.243 e. The average molecular weight is 470 g/mol. The van der Waals surface area contributed by atoms with E-state index < -0.39 is 16.1 Å². The van der Waals surface area contributed by atoms with E-state index in [9.17, 15) is 8.42 Å². The number of hydrogen-bond acceptors (Lipinski definition) is 6. The van der Waals surface area contributed by atoms with Crippen LogP contribution in [0.2, 0.25) is 0 Å². The van der Waals surface area contributed by atoms with Gasteiger partial charge in [0.25, 0.3) is 0 Å². The van der Waals surface area contributed by atoms with Crippen LogP contribution in [-0.4, -0.2) is 47.2 Å². The predicted molar refractivity (Wildman–Crippen MR) is 125 cm³/mol. The molecule has 1 aliphatic heterocycles. The molecule has 0 amide bonds. The van der Waals surface area contributed by atoms with E-state index in [4.69, 9.17) is 18.9 Å². The maximum atomic E-state index is 13.6. The van der Waals surface area contributed by atoms with Crippen LogP contribution in [0.25, 0.3) is 0 Å². The van der Waals surface area contributed by atoms with Crippen molar-refractivity contribution in [2.45, 2.75) is 17.4 Å². The Balaban J connectivity index is 1.73. The third kappa shape index (κ3) is 4.62. The van der Waals surface area contributed by atoms with Crippen molar-refractivity contribution < 1.29 is 27.4 Å². The maximum Gasteiger partial charge on any atom is 0.243 e. The van der Waals surface area contributed by atoms with Crippen LogP contribution in [0.3, 0.4) is 0 Å². The molecule has 1 aliphatic rings. The number of fused-ring (bicyclic) bond motifs is 1. The Bertz CT molecular complexity index is 1200. The van der Waals surface area contributed by atoms with Crippen LogP contribution in [0.15, 0.2) is 71.6 Å². The monoisotopic (exact) mass is 469 g/mol. The molecular formula is C25H27NO6S. The number of methoxy groups -OCH3 is 3. The van der Waals surface area contributed by atoms with Crippen LogP contribution in [0, 0.1) is 0 Å². The molecule has 3 aromatic rings. The molecule has 0 aliphatic carbocycles.